The summed E-state index contributed by atoms with van der Waals surface area (Å²) in [6.07, 6.45) is -5.97. The highest BCUT2D eigenvalue weighted by molar-refractivity contribution is 5.45. The van der Waals surface area contributed by atoms with E-state index in [4.69, 9.17) is 9.85 Å². The van der Waals surface area contributed by atoms with Crippen molar-refractivity contribution in [1.82, 2.24) is 0 Å². The van der Waals surface area contributed by atoms with Crippen LogP contribution in [0.3, 0.4) is 0 Å². The van der Waals surface area contributed by atoms with Crippen LogP contribution >= 0.6 is 0 Å². The Morgan fingerprint density at radius 3 is 2.87 bits per heavy atom. The molecule has 1 heterocycles. The molecule has 0 spiro atoms. The van der Waals surface area contributed by atoms with Gasteiger partial charge < -0.3 is 15.2 Å². The summed E-state index contributed by atoms with van der Waals surface area (Å²) in [5, 5.41) is 0. The standard InChI is InChI=1S/C10H11F2NO2/c1-6(13)4-7-2-3-8-9(5-7)15-10(11,12)14-8/h2-3,5-6H,4,13H2,1H3/i4D2,6D. The molecule has 0 fully saturated rings. The van der Waals surface area contributed by atoms with Gasteiger partial charge in [0.1, 0.15) is 0 Å². The zero-order valence-electron chi connectivity index (χ0n) is 10.9. The SMILES string of the molecule is [2H]C(C)(N)C([2H])([2H])c1ccc2c(c1)OC(F)(F)O2. The third-order valence-electron chi connectivity index (χ3n) is 1.74. The monoisotopic (exact) mass is 218 g/mol. The largest absolute Gasteiger partial charge is 0.586 e. The molecule has 1 aromatic rings. The van der Waals surface area contributed by atoms with E-state index in [0.717, 1.165) is 12.1 Å². The van der Waals surface area contributed by atoms with Crippen molar-refractivity contribution < 1.29 is 22.4 Å². The van der Waals surface area contributed by atoms with Gasteiger partial charge in [0.15, 0.2) is 11.5 Å². The molecule has 1 aliphatic rings. The molecule has 1 unspecified atom stereocenters. The van der Waals surface area contributed by atoms with Crippen LogP contribution < -0.4 is 15.2 Å². The molecule has 0 aliphatic carbocycles. The van der Waals surface area contributed by atoms with Gasteiger partial charge in [0.05, 0.1) is 0 Å². The lowest BCUT2D eigenvalue weighted by atomic mass is 10.1. The van der Waals surface area contributed by atoms with Gasteiger partial charge in [-0.15, -0.1) is 8.78 Å². The Labute approximate surface area is 90.0 Å². The van der Waals surface area contributed by atoms with E-state index in [1.165, 1.54) is 13.0 Å². The molecule has 1 aliphatic heterocycles. The van der Waals surface area contributed by atoms with Crippen LogP contribution in [0.5, 0.6) is 11.5 Å². The van der Waals surface area contributed by atoms with Crippen LogP contribution in [0.2, 0.25) is 0 Å². The van der Waals surface area contributed by atoms with Gasteiger partial charge in [0.2, 0.25) is 0 Å². The highest BCUT2D eigenvalue weighted by Crippen LogP contribution is 2.41. The van der Waals surface area contributed by atoms with E-state index in [-0.39, 0.29) is 17.1 Å². The second-order valence-corrected chi connectivity index (χ2v) is 3.14. The minimum atomic E-state index is -3.75. The number of nitrogens with two attached hydrogens (primary N) is 1. The number of ether oxygens (including phenoxy) is 2. The average molecular weight is 218 g/mol. The van der Waals surface area contributed by atoms with Gasteiger partial charge in [-0.25, -0.2) is 0 Å². The fourth-order valence-electron chi connectivity index (χ4n) is 1.25. The molecule has 15 heavy (non-hydrogen) atoms. The summed E-state index contributed by atoms with van der Waals surface area (Å²) in [4.78, 5) is 0. The van der Waals surface area contributed by atoms with Crippen LogP contribution in [0.1, 0.15) is 16.6 Å². The van der Waals surface area contributed by atoms with Gasteiger partial charge in [-0.05, 0) is 31.0 Å². The lowest BCUT2D eigenvalue weighted by Gasteiger charge is -2.05. The van der Waals surface area contributed by atoms with E-state index in [1.807, 2.05) is 0 Å². The maximum atomic E-state index is 12.8. The number of halogens is 2. The van der Waals surface area contributed by atoms with Gasteiger partial charge in [0, 0.05) is 10.1 Å². The second-order valence-electron chi connectivity index (χ2n) is 3.14. The van der Waals surface area contributed by atoms with Gasteiger partial charge in [-0.2, -0.15) is 0 Å². The van der Waals surface area contributed by atoms with Crippen LogP contribution in [0.25, 0.3) is 0 Å². The molecule has 82 valence electrons. The van der Waals surface area contributed by atoms with E-state index in [0.29, 0.717) is 0 Å². The highest BCUT2D eigenvalue weighted by atomic mass is 19.3. The van der Waals surface area contributed by atoms with Crippen molar-refractivity contribution in [3.63, 3.8) is 0 Å². The number of rotatable bonds is 2. The van der Waals surface area contributed by atoms with Gasteiger partial charge in [-0.3, -0.25) is 0 Å². The Hall–Kier alpha value is -1.36. The number of benzene rings is 1. The summed E-state index contributed by atoms with van der Waals surface area (Å²) in [5.41, 5.74) is 5.39. The summed E-state index contributed by atoms with van der Waals surface area (Å²) >= 11 is 0. The molecule has 3 nitrogen and oxygen atoms in total. The Morgan fingerprint density at radius 2 is 2.20 bits per heavy atom. The zero-order chi connectivity index (χ0) is 13.8. The Bertz CT molecular complexity index is 489. The van der Waals surface area contributed by atoms with Crippen molar-refractivity contribution in [3.05, 3.63) is 23.8 Å². The highest BCUT2D eigenvalue weighted by Gasteiger charge is 2.43. The predicted molar refractivity (Wildman–Crippen MR) is 50.0 cm³/mol. The molecule has 0 aromatic heterocycles. The topological polar surface area (TPSA) is 44.5 Å². The minimum absolute atomic E-state index is 0.0254. The van der Waals surface area contributed by atoms with Gasteiger partial charge in [0.25, 0.3) is 0 Å². The quantitative estimate of drug-likeness (QED) is 0.824. The Morgan fingerprint density at radius 1 is 1.53 bits per heavy atom. The lowest BCUT2D eigenvalue weighted by Crippen LogP contribution is -2.25. The van der Waals surface area contributed by atoms with Crippen molar-refractivity contribution in [2.75, 3.05) is 0 Å². The molecule has 0 saturated heterocycles. The second kappa shape index (κ2) is 3.34. The number of alkyl halides is 2. The van der Waals surface area contributed by atoms with Crippen LogP contribution in [-0.4, -0.2) is 12.3 Å². The van der Waals surface area contributed by atoms with Crippen LogP contribution in [0, 0.1) is 0 Å². The fraction of sp³-hybridized carbons (Fsp3) is 0.400. The number of hydrogen-bond donors (Lipinski definition) is 1. The van der Waals surface area contributed by atoms with Crippen LogP contribution in [0.15, 0.2) is 18.2 Å². The molecule has 0 amide bonds. The summed E-state index contributed by atoms with van der Waals surface area (Å²) in [6.45, 7) is 1.19. The first-order chi connectivity index (χ1) is 8.03. The van der Waals surface area contributed by atoms with Crippen LogP contribution in [0.4, 0.5) is 8.78 Å². The van der Waals surface area contributed by atoms with E-state index in [9.17, 15) is 8.78 Å². The number of fused-ring (bicyclic) bond motifs is 1. The molecule has 0 bridgehead atoms. The molecule has 1 aromatic carbocycles. The summed E-state index contributed by atoms with van der Waals surface area (Å²) in [7, 11) is 0. The maximum absolute atomic E-state index is 12.8. The third-order valence-corrected chi connectivity index (χ3v) is 1.74. The van der Waals surface area contributed by atoms with E-state index in [2.05, 4.69) is 9.47 Å². The van der Waals surface area contributed by atoms with E-state index < -0.39 is 18.7 Å². The number of hydrogen-bond acceptors (Lipinski definition) is 3. The molecule has 1 atom stereocenters. The predicted octanol–water partition coefficient (Wildman–Crippen LogP) is 1.90. The Balaban J connectivity index is 2.41. The molecule has 5 heteroatoms. The first-order valence-corrected chi connectivity index (χ1v) is 4.22. The van der Waals surface area contributed by atoms with Crippen molar-refractivity contribution in [2.45, 2.75) is 25.6 Å². The average Bonchev–Trinajstić information content (AvgIpc) is 2.48. The van der Waals surface area contributed by atoms with Crippen molar-refractivity contribution in [2.24, 2.45) is 5.73 Å². The van der Waals surface area contributed by atoms with Crippen molar-refractivity contribution in [1.29, 1.82) is 0 Å². The summed E-state index contributed by atoms with van der Waals surface area (Å²) < 4.78 is 57.0. The zero-order valence-corrected chi connectivity index (χ0v) is 7.88. The minimum Gasteiger partial charge on any atom is -0.395 e. The lowest BCUT2D eigenvalue weighted by molar-refractivity contribution is -0.286. The van der Waals surface area contributed by atoms with Gasteiger partial charge in [-0.1, -0.05) is 6.07 Å². The smallest absolute Gasteiger partial charge is 0.395 e. The van der Waals surface area contributed by atoms with Gasteiger partial charge >= 0.3 is 6.29 Å². The summed E-state index contributed by atoms with van der Waals surface area (Å²) in [5.74, 6) is -0.450. The first kappa shape index (κ1) is 7.00. The molecular weight excluding hydrogens is 204 g/mol. The first-order valence-electron chi connectivity index (χ1n) is 5.72. The molecule has 2 rings (SSSR count). The molecule has 0 saturated carbocycles. The molecule has 0 radical (unpaired) electrons. The van der Waals surface area contributed by atoms with E-state index in [1.54, 1.807) is 0 Å². The van der Waals surface area contributed by atoms with Crippen molar-refractivity contribution in [3.8, 4) is 11.5 Å². The normalized spacial score (nSPS) is 24.9. The van der Waals surface area contributed by atoms with E-state index >= 15 is 0 Å². The maximum Gasteiger partial charge on any atom is 0.586 e. The van der Waals surface area contributed by atoms with Crippen molar-refractivity contribution >= 4 is 0 Å². The van der Waals surface area contributed by atoms with Crippen LogP contribution in [-0.2, 0) is 6.37 Å². The fourth-order valence-corrected chi connectivity index (χ4v) is 1.25. The Kier molecular flexibility index (Phi) is 1.56. The summed E-state index contributed by atoms with van der Waals surface area (Å²) in [6, 6.07) is 1.55. The third kappa shape index (κ3) is 2.18. The molecular formula is C10H11F2NO2. The molecule has 2 N–H and O–H groups in total.